The lowest BCUT2D eigenvalue weighted by molar-refractivity contribution is -0.133. The van der Waals surface area contributed by atoms with Crippen LogP contribution < -0.4 is 15.0 Å². The van der Waals surface area contributed by atoms with Crippen LogP contribution >= 0.6 is 0 Å². The zero-order valence-electron chi connectivity index (χ0n) is 14.1. The Morgan fingerprint density at radius 1 is 1.08 bits per heavy atom. The number of aryl methyl sites for hydroxylation is 3. The van der Waals surface area contributed by atoms with Gasteiger partial charge in [0.15, 0.2) is 5.75 Å². The van der Waals surface area contributed by atoms with Crippen LogP contribution in [0.3, 0.4) is 0 Å². The van der Waals surface area contributed by atoms with Crippen molar-refractivity contribution in [2.24, 2.45) is 0 Å². The van der Waals surface area contributed by atoms with Gasteiger partial charge < -0.3 is 15.0 Å². The number of fused-ring (bicyclic) bond motifs is 1. The number of nitrogens with one attached hydrogen (secondary N) is 1. The quantitative estimate of drug-likeness (QED) is 0.696. The number of esters is 1. The highest BCUT2D eigenvalue weighted by Crippen LogP contribution is 2.32. The third-order valence-electron chi connectivity index (χ3n) is 3.84. The van der Waals surface area contributed by atoms with Crippen LogP contribution in [0.15, 0.2) is 36.4 Å². The summed E-state index contributed by atoms with van der Waals surface area (Å²) in [4.78, 5) is 25.9. The number of anilines is 2. The molecule has 0 aliphatic carbocycles. The van der Waals surface area contributed by atoms with Crippen LogP contribution in [-0.4, -0.2) is 25.0 Å². The highest BCUT2D eigenvalue weighted by molar-refractivity contribution is 5.96. The number of hydrogen-bond donors (Lipinski definition) is 1. The van der Waals surface area contributed by atoms with Crippen molar-refractivity contribution in [2.75, 3.05) is 23.3 Å². The van der Waals surface area contributed by atoms with Gasteiger partial charge in [0, 0.05) is 5.69 Å². The predicted octanol–water partition coefficient (Wildman–Crippen LogP) is 2.98. The van der Waals surface area contributed by atoms with Gasteiger partial charge in [0.2, 0.25) is 5.91 Å². The third-order valence-corrected chi connectivity index (χ3v) is 3.84. The number of ether oxygens (including phenoxy) is 1. The van der Waals surface area contributed by atoms with E-state index in [0.29, 0.717) is 5.75 Å². The minimum Gasteiger partial charge on any atom is -0.423 e. The molecule has 0 bridgehead atoms. The van der Waals surface area contributed by atoms with E-state index in [4.69, 9.17) is 4.74 Å². The van der Waals surface area contributed by atoms with Gasteiger partial charge >= 0.3 is 5.97 Å². The van der Waals surface area contributed by atoms with Gasteiger partial charge in [0.1, 0.15) is 6.54 Å². The maximum Gasteiger partial charge on any atom is 0.331 e. The summed E-state index contributed by atoms with van der Waals surface area (Å²) in [6.07, 6.45) is 0. The van der Waals surface area contributed by atoms with E-state index in [1.54, 1.807) is 11.0 Å². The van der Waals surface area contributed by atoms with Crippen molar-refractivity contribution in [3.05, 3.63) is 53.1 Å². The van der Waals surface area contributed by atoms with Crippen molar-refractivity contribution < 1.29 is 14.3 Å². The number of nitrogens with zero attached hydrogens (tertiary/aromatic N) is 1. The van der Waals surface area contributed by atoms with E-state index in [2.05, 4.69) is 11.4 Å². The maximum atomic E-state index is 12.4. The first-order valence-electron chi connectivity index (χ1n) is 7.85. The van der Waals surface area contributed by atoms with Gasteiger partial charge in [-0.1, -0.05) is 12.1 Å². The molecule has 1 N–H and O–H groups in total. The lowest BCUT2D eigenvalue weighted by Gasteiger charge is -2.29. The fourth-order valence-electron chi connectivity index (χ4n) is 2.92. The zero-order valence-corrected chi connectivity index (χ0v) is 14.1. The fourth-order valence-corrected chi connectivity index (χ4v) is 2.92. The standard InChI is InChI=1S/C19H20N2O3/c1-12-4-5-16-17(9-12)24-19(23)11-21(16)10-18(22)20-15-7-13(2)6-14(3)8-15/h4-9H,10-11H2,1-3H3,(H,20,22). The number of carbonyl (C=O) groups excluding carboxylic acids is 2. The van der Waals surface area contributed by atoms with Crippen molar-refractivity contribution in [1.82, 2.24) is 0 Å². The van der Waals surface area contributed by atoms with Crippen LogP contribution in [-0.2, 0) is 9.59 Å². The van der Waals surface area contributed by atoms with E-state index in [1.807, 2.05) is 45.0 Å². The first kappa shape index (κ1) is 16.1. The summed E-state index contributed by atoms with van der Waals surface area (Å²) < 4.78 is 5.26. The molecule has 2 aromatic carbocycles. The molecule has 0 atom stereocenters. The molecular weight excluding hydrogens is 304 g/mol. The third kappa shape index (κ3) is 3.56. The molecule has 5 heteroatoms. The van der Waals surface area contributed by atoms with E-state index >= 15 is 0 Å². The Morgan fingerprint density at radius 2 is 1.79 bits per heavy atom. The highest BCUT2D eigenvalue weighted by atomic mass is 16.5. The number of carbonyl (C=O) groups is 2. The molecule has 0 aromatic heterocycles. The summed E-state index contributed by atoms with van der Waals surface area (Å²) in [6, 6.07) is 11.5. The summed E-state index contributed by atoms with van der Waals surface area (Å²) in [6.45, 7) is 6.07. The molecule has 0 saturated heterocycles. The van der Waals surface area contributed by atoms with Gasteiger partial charge in [-0.05, 0) is 61.7 Å². The molecule has 1 aliphatic heterocycles. The number of rotatable bonds is 3. The molecule has 5 nitrogen and oxygen atoms in total. The second-order valence-electron chi connectivity index (χ2n) is 6.23. The summed E-state index contributed by atoms with van der Waals surface area (Å²) in [7, 11) is 0. The largest absolute Gasteiger partial charge is 0.423 e. The average molecular weight is 324 g/mol. The first-order valence-corrected chi connectivity index (χ1v) is 7.85. The molecule has 0 unspecified atom stereocenters. The summed E-state index contributed by atoms with van der Waals surface area (Å²) in [5.41, 5.74) is 4.71. The monoisotopic (exact) mass is 324 g/mol. The molecule has 2 aromatic rings. The number of benzene rings is 2. The van der Waals surface area contributed by atoms with Gasteiger partial charge in [-0.2, -0.15) is 0 Å². The lowest BCUT2D eigenvalue weighted by Crippen LogP contribution is -2.41. The maximum absolute atomic E-state index is 12.4. The molecule has 1 heterocycles. The van der Waals surface area contributed by atoms with E-state index in [1.165, 1.54) is 0 Å². The van der Waals surface area contributed by atoms with E-state index in [-0.39, 0.29) is 25.0 Å². The normalized spacial score (nSPS) is 13.3. The van der Waals surface area contributed by atoms with Crippen LogP contribution in [0.1, 0.15) is 16.7 Å². The van der Waals surface area contributed by atoms with E-state index in [9.17, 15) is 9.59 Å². The molecule has 1 aliphatic rings. The summed E-state index contributed by atoms with van der Waals surface area (Å²) in [5, 5.41) is 2.90. The Balaban J connectivity index is 1.76. The van der Waals surface area contributed by atoms with Gasteiger partial charge in [-0.15, -0.1) is 0 Å². The van der Waals surface area contributed by atoms with Gasteiger partial charge in [0.05, 0.1) is 12.2 Å². The van der Waals surface area contributed by atoms with Crippen LogP contribution in [0.5, 0.6) is 5.75 Å². The molecule has 3 rings (SSSR count). The minimum absolute atomic E-state index is 0.0658. The summed E-state index contributed by atoms with van der Waals surface area (Å²) in [5.74, 6) is -0.0148. The van der Waals surface area contributed by atoms with Crippen molar-refractivity contribution in [3.63, 3.8) is 0 Å². The Labute approximate surface area is 141 Å². The van der Waals surface area contributed by atoms with E-state index < -0.39 is 0 Å². The minimum atomic E-state index is -0.354. The average Bonchev–Trinajstić information content (AvgIpc) is 2.44. The Bertz CT molecular complexity index is 794. The molecule has 0 spiro atoms. The molecular formula is C19H20N2O3. The molecule has 1 amide bonds. The number of hydrogen-bond acceptors (Lipinski definition) is 4. The van der Waals surface area contributed by atoms with E-state index in [0.717, 1.165) is 28.1 Å². The molecule has 0 saturated carbocycles. The van der Waals surface area contributed by atoms with Crippen molar-refractivity contribution in [3.8, 4) is 5.75 Å². The SMILES string of the molecule is Cc1cc(C)cc(NC(=O)CN2CC(=O)Oc3cc(C)ccc32)c1. The van der Waals surface area contributed by atoms with Crippen molar-refractivity contribution in [2.45, 2.75) is 20.8 Å². The zero-order chi connectivity index (χ0) is 17.3. The van der Waals surface area contributed by atoms with Gasteiger partial charge in [-0.25, -0.2) is 4.79 Å². The Hall–Kier alpha value is -2.82. The van der Waals surface area contributed by atoms with Gasteiger partial charge in [-0.3, -0.25) is 4.79 Å². The Kier molecular flexibility index (Phi) is 4.25. The summed E-state index contributed by atoms with van der Waals surface area (Å²) >= 11 is 0. The predicted molar refractivity (Wildman–Crippen MR) is 93.6 cm³/mol. The topological polar surface area (TPSA) is 58.6 Å². The van der Waals surface area contributed by atoms with Crippen LogP contribution in [0.2, 0.25) is 0 Å². The van der Waals surface area contributed by atoms with Crippen molar-refractivity contribution >= 4 is 23.3 Å². The molecule has 0 radical (unpaired) electrons. The number of amides is 1. The lowest BCUT2D eigenvalue weighted by atomic mass is 10.1. The molecule has 24 heavy (non-hydrogen) atoms. The smallest absolute Gasteiger partial charge is 0.331 e. The fraction of sp³-hybridized carbons (Fsp3) is 0.263. The van der Waals surface area contributed by atoms with Crippen molar-refractivity contribution in [1.29, 1.82) is 0 Å². The van der Waals surface area contributed by atoms with Crippen LogP contribution in [0.25, 0.3) is 0 Å². The molecule has 0 fully saturated rings. The van der Waals surface area contributed by atoms with Crippen LogP contribution in [0, 0.1) is 20.8 Å². The van der Waals surface area contributed by atoms with Crippen LogP contribution in [0.4, 0.5) is 11.4 Å². The second-order valence-corrected chi connectivity index (χ2v) is 6.23. The first-order chi connectivity index (χ1) is 11.4. The highest BCUT2D eigenvalue weighted by Gasteiger charge is 2.25. The van der Waals surface area contributed by atoms with Gasteiger partial charge in [0.25, 0.3) is 0 Å². The second kappa shape index (κ2) is 6.35. The molecule has 124 valence electrons. The Morgan fingerprint density at radius 3 is 2.50 bits per heavy atom.